The predicted molar refractivity (Wildman–Crippen MR) is 92.4 cm³/mol. The SMILES string of the molecule is CCOC(=O)C1CCN(C(=O)c2nc(C3CC3)n3ccccc23)CC1. The molecule has 0 N–H and O–H groups in total. The van der Waals surface area contributed by atoms with Crippen LogP contribution in [0.1, 0.15) is 54.8 Å². The van der Waals surface area contributed by atoms with Gasteiger partial charge in [0, 0.05) is 25.2 Å². The lowest BCUT2D eigenvalue weighted by atomic mass is 9.97. The van der Waals surface area contributed by atoms with Gasteiger partial charge in [-0.2, -0.15) is 0 Å². The molecule has 2 aromatic heterocycles. The Morgan fingerprint density at radius 1 is 1.20 bits per heavy atom. The van der Waals surface area contributed by atoms with E-state index >= 15 is 0 Å². The number of esters is 1. The molecule has 0 spiro atoms. The Labute approximate surface area is 146 Å². The molecule has 4 rings (SSSR count). The summed E-state index contributed by atoms with van der Waals surface area (Å²) in [6, 6.07) is 5.87. The smallest absolute Gasteiger partial charge is 0.309 e. The van der Waals surface area contributed by atoms with Gasteiger partial charge in [-0.25, -0.2) is 4.98 Å². The molecule has 1 aliphatic carbocycles. The fourth-order valence-electron chi connectivity index (χ4n) is 3.58. The maximum absolute atomic E-state index is 13.0. The van der Waals surface area contributed by atoms with Crippen molar-refractivity contribution in [3.63, 3.8) is 0 Å². The number of fused-ring (bicyclic) bond motifs is 1. The third-order valence-corrected chi connectivity index (χ3v) is 5.12. The molecule has 6 heteroatoms. The first-order chi connectivity index (χ1) is 12.2. The van der Waals surface area contributed by atoms with Crippen LogP contribution in [0.15, 0.2) is 24.4 Å². The molecule has 2 fully saturated rings. The van der Waals surface area contributed by atoms with E-state index in [1.165, 1.54) is 0 Å². The van der Waals surface area contributed by atoms with Crippen molar-refractivity contribution in [2.45, 2.75) is 38.5 Å². The van der Waals surface area contributed by atoms with E-state index in [0.717, 1.165) is 24.2 Å². The molecule has 0 bridgehead atoms. The molecule has 1 saturated heterocycles. The zero-order valence-corrected chi connectivity index (χ0v) is 14.5. The molecule has 0 unspecified atom stereocenters. The molecular formula is C19H23N3O3. The molecule has 6 nitrogen and oxygen atoms in total. The largest absolute Gasteiger partial charge is 0.466 e. The average Bonchev–Trinajstić information content (AvgIpc) is 3.42. The first-order valence-electron chi connectivity index (χ1n) is 9.12. The zero-order valence-electron chi connectivity index (χ0n) is 14.5. The van der Waals surface area contributed by atoms with Gasteiger partial charge in [-0.1, -0.05) is 6.07 Å². The van der Waals surface area contributed by atoms with Crippen LogP contribution in [0.3, 0.4) is 0 Å². The topological polar surface area (TPSA) is 63.9 Å². The first-order valence-corrected chi connectivity index (χ1v) is 9.12. The van der Waals surface area contributed by atoms with Crippen molar-refractivity contribution in [2.24, 2.45) is 5.92 Å². The molecule has 0 radical (unpaired) electrons. The van der Waals surface area contributed by atoms with Crippen LogP contribution in [0.2, 0.25) is 0 Å². The predicted octanol–water partition coefficient (Wildman–Crippen LogP) is 2.63. The Bertz CT molecular complexity index is 801. The number of aromatic nitrogens is 2. The summed E-state index contributed by atoms with van der Waals surface area (Å²) in [5.41, 5.74) is 1.42. The molecule has 0 aromatic carbocycles. The molecule has 2 aromatic rings. The van der Waals surface area contributed by atoms with Crippen LogP contribution in [0.4, 0.5) is 0 Å². The summed E-state index contributed by atoms with van der Waals surface area (Å²) in [5.74, 6) is 1.21. The van der Waals surface area contributed by atoms with E-state index in [4.69, 9.17) is 9.72 Å². The minimum atomic E-state index is -0.141. The molecule has 0 atom stereocenters. The standard InChI is InChI=1S/C19H23N3O3/c1-2-25-19(24)14-8-11-21(12-9-14)18(23)16-15-5-3-4-10-22(15)17(20-16)13-6-7-13/h3-5,10,13-14H,2,6-9,11-12H2,1H3. The molecule has 3 heterocycles. The van der Waals surface area contributed by atoms with Crippen molar-refractivity contribution in [2.75, 3.05) is 19.7 Å². The Morgan fingerprint density at radius 3 is 2.64 bits per heavy atom. The van der Waals surface area contributed by atoms with Gasteiger partial charge in [0.2, 0.25) is 0 Å². The lowest BCUT2D eigenvalue weighted by Gasteiger charge is -2.30. The highest BCUT2D eigenvalue weighted by Gasteiger charge is 2.33. The number of carbonyl (C=O) groups excluding carboxylic acids is 2. The minimum absolute atomic E-state index is 0.0297. The van der Waals surface area contributed by atoms with E-state index in [1.54, 1.807) is 0 Å². The lowest BCUT2D eigenvalue weighted by molar-refractivity contribution is -0.149. The molecule has 132 valence electrons. The van der Waals surface area contributed by atoms with Gasteiger partial charge in [0.15, 0.2) is 5.69 Å². The molecule has 1 amide bonds. The maximum atomic E-state index is 13.0. The monoisotopic (exact) mass is 341 g/mol. The van der Waals surface area contributed by atoms with E-state index in [-0.39, 0.29) is 17.8 Å². The zero-order chi connectivity index (χ0) is 17.4. The number of carbonyl (C=O) groups is 2. The van der Waals surface area contributed by atoms with Crippen molar-refractivity contribution in [1.29, 1.82) is 0 Å². The Morgan fingerprint density at radius 2 is 1.96 bits per heavy atom. The average molecular weight is 341 g/mol. The second-order valence-electron chi connectivity index (χ2n) is 6.87. The van der Waals surface area contributed by atoms with E-state index in [9.17, 15) is 9.59 Å². The number of imidazole rings is 1. The van der Waals surface area contributed by atoms with Gasteiger partial charge in [0.05, 0.1) is 18.0 Å². The molecule has 1 saturated carbocycles. The Kier molecular flexibility index (Phi) is 4.19. The molecule has 25 heavy (non-hydrogen) atoms. The fourth-order valence-corrected chi connectivity index (χ4v) is 3.58. The van der Waals surface area contributed by atoms with E-state index < -0.39 is 0 Å². The summed E-state index contributed by atoms with van der Waals surface area (Å²) in [4.78, 5) is 31.4. The molecular weight excluding hydrogens is 318 g/mol. The van der Waals surface area contributed by atoms with Gasteiger partial charge in [0.25, 0.3) is 5.91 Å². The third kappa shape index (κ3) is 3.01. The van der Waals surface area contributed by atoms with Crippen LogP contribution in [-0.4, -0.2) is 45.9 Å². The number of amides is 1. The van der Waals surface area contributed by atoms with Crippen LogP contribution in [-0.2, 0) is 9.53 Å². The highest BCUT2D eigenvalue weighted by atomic mass is 16.5. The number of pyridine rings is 1. The van der Waals surface area contributed by atoms with Gasteiger partial charge >= 0.3 is 5.97 Å². The normalized spacial score (nSPS) is 18.5. The summed E-state index contributed by atoms with van der Waals surface area (Å²) in [6.45, 7) is 3.38. The summed E-state index contributed by atoms with van der Waals surface area (Å²) >= 11 is 0. The number of rotatable bonds is 4. The second-order valence-corrected chi connectivity index (χ2v) is 6.87. The third-order valence-electron chi connectivity index (χ3n) is 5.12. The molecule has 1 aliphatic heterocycles. The van der Waals surface area contributed by atoms with E-state index in [1.807, 2.05) is 36.2 Å². The van der Waals surface area contributed by atoms with Crippen molar-refractivity contribution in [1.82, 2.24) is 14.3 Å². The van der Waals surface area contributed by atoms with E-state index in [0.29, 0.717) is 44.1 Å². The second kappa shape index (κ2) is 6.50. The summed E-state index contributed by atoms with van der Waals surface area (Å²) in [6.07, 6.45) is 5.59. The van der Waals surface area contributed by atoms with Crippen LogP contribution in [0.5, 0.6) is 0 Å². The quantitative estimate of drug-likeness (QED) is 0.802. The van der Waals surface area contributed by atoms with Gasteiger partial charge in [0.1, 0.15) is 5.82 Å². The minimum Gasteiger partial charge on any atom is -0.466 e. The maximum Gasteiger partial charge on any atom is 0.309 e. The summed E-state index contributed by atoms with van der Waals surface area (Å²) < 4.78 is 7.15. The number of piperidine rings is 1. The van der Waals surface area contributed by atoms with Gasteiger partial charge in [-0.05, 0) is 44.7 Å². The molecule has 2 aliphatic rings. The highest BCUT2D eigenvalue weighted by molar-refractivity contribution is 5.99. The van der Waals surface area contributed by atoms with Gasteiger partial charge < -0.3 is 14.0 Å². The van der Waals surface area contributed by atoms with E-state index in [2.05, 4.69) is 4.40 Å². The number of hydrogen-bond acceptors (Lipinski definition) is 4. The number of hydrogen-bond donors (Lipinski definition) is 0. The van der Waals surface area contributed by atoms with Crippen LogP contribution < -0.4 is 0 Å². The van der Waals surface area contributed by atoms with Crippen molar-refractivity contribution in [3.8, 4) is 0 Å². The number of likely N-dealkylation sites (tertiary alicyclic amines) is 1. The summed E-state index contributed by atoms with van der Waals surface area (Å²) in [7, 11) is 0. The van der Waals surface area contributed by atoms with Crippen molar-refractivity contribution >= 4 is 17.4 Å². The van der Waals surface area contributed by atoms with Crippen molar-refractivity contribution < 1.29 is 14.3 Å². The van der Waals surface area contributed by atoms with Crippen LogP contribution >= 0.6 is 0 Å². The van der Waals surface area contributed by atoms with Crippen LogP contribution in [0, 0.1) is 5.92 Å². The Balaban J connectivity index is 1.52. The van der Waals surface area contributed by atoms with Gasteiger partial charge in [-0.3, -0.25) is 9.59 Å². The fraction of sp³-hybridized carbons (Fsp3) is 0.526. The first kappa shape index (κ1) is 16.1. The number of nitrogens with zero attached hydrogens (tertiary/aromatic N) is 3. The highest BCUT2D eigenvalue weighted by Crippen LogP contribution is 2.40. The van der Waals surface area contributed by atoms with Gasteiger partial charge in [-0.15, -0.1) is 0 Å². The summed E-state index contributed by atoms with van der Waals surface area (Å²) in [5, 5.41) is 0. The number of ether oxygens (including phenoxy) is 1. The van der Waals surface area contributed by atoms with Crippen molar-refractivity contribution in [3.05, 3.63) is 35.9 Å². The lowest BCUT2D eigenvalue weighted by Crippen LogP contribution is -2.40. The Hall–Kier alpha value is -2.37. The van der Waals surface area contributed by atoms with Crippen LogP contribution in [0.25, 0.3) is 5.52 Å².